The van der Waals surface area contributed by atoms with Gasteiger partial charge in [-0.2, -0.15) is 0 Å². The van der Waals surface area contributed by atoms with E-state index in [0.717, 1.165) is 29.6 Å². The summed E-state index contributed by atoms with van der Waals surface area (Å²) in [5.74, 6) is 0.104. The van der Waals surface area contributed by atoms with Crippen molar-refractivity contribution < 1.29 is 9.90 Å². The fourth-order valence-electron chi connectivity index (χ4n) is 3.31. The van der Waals surface area contributed by atoms with E-state index in [2.05, 4.69) is 25.7 Å². The maximum absolute atomic E-state index is 13.0. The molecule has 1 fully saturated rings. The summed E-state index contributed by atoms with van der Waals surface area (Å²) >= 11 is 0. The number of carbonyl (C=O) groups excluding carboxylic acids is 1. The Labute approximate surface area is 149 Å². The van der Waals surface area contributed by atoms with Gasteiger partial charge < -0.3 is 14.6 Å². The molecule has 0 saturated carbocycles. The Kier molecular flexibility index (Phi) is 4.89. The largest absolute Gasteiger partial charge is 0.391 e. The summed E-state index contributed by atoms with van der Waals surface area (Å²) in [5, 5.41) is 11.3. The van der Waals surface area contributed by atoms with Crippen molar-refractivity contribution in [1.82, 2.24) is 14.4 Å². The fourth-order valence-corrected chi connectivity index (χ4v) is 3.31. The van der Waals surface area contributed by atoms with Gasteiger partial charge in [-0.05, 0) is 23.6 Å². The highest BCUT2D eigenvalue weighted by atomic mass is 16.3. The highest BCUT2D eigenvalue weighted by molar-refractivity contribution is 6.06. The number of piperazine rings is 1. The van der Waals surface area contributed by atoms with E-state index in [1.807, 2.05) is 47.0 Å². The van der Waals surface area contributed by atoms with Gasteiger partial charge in [0.1, 0.15) is 0 Å². The first-order chi connectivity index (χ1) is 11.8. The van der Waals surface area contributed by atoms with Crippen LogP contribution < -0.4 is 0 Å². The summed E-state index contributed by atoms with van der Waals surface area (Å²) in [6, 6.07) is 7.92. The molecule has 1 aliphatic rings. The lowest BCUT2D eigenvalue weighted by molar-refractivity contribution is 0.0137. The first-order valence-electron chi connectivity index (χ1n) is 9.01. The zero-order chi connectivity index (χ0) is 18.2. The van der Waals surface area contributed by atoms with Gasteiger partial charge in [-0.15, -0.1) is 0 Å². The van der Waals surface area contributed by atoms with E-state index in [9.17, 15) is 9.90 Å². The van der Waals surface area contributed by atoms with Crippen LogP contribution in [0.25, 0.3) is 10.9 Å². The molecule has 1 saturated heterocycles. The van der Waals surface area contributed by atoms with Crippen molar-refractivity contribution in [1.29, 1.82) is 0 Å². The Bertz CT molecular complexity index is 752. The van der Waals surface area contributed by atoms with Gasteiger partial charge in [-0.3, -0.25) is 9.69 Å². The average Bonchev–Trinajstić information content (AvgIpc) is 2.95. The third kappa shape index (κ3) is 3.72. The van der Waals surface area contributed by atoms with E-state index in [1.54, 1.807) is 0 Å². The Morgan fingerprint density at radius 1 is 1.16 bits per heavy atom. The van der Waals surface area contributed by atoms with E-state index in [4.69, 9.17) is 0 Å². The summed E-state index contributed by atoms with van der Waals surface area (Å²) in [6.45, 7) is 9.86. The van der Waals surface area contributed by atoms with E-state index in [-0.39, 0.29) is 17.4 Å². The van der Waals surface area contributed by atoms with Gasteiger partial charge in [-0.25, -0.2) is 0 Å². The normalized spacial score (nSPS) is 17.9. The molecule has 1 N–H and O–H groups in total. The van der Waals surface area contributed by atoms with Gasteiger partial charge in [-0.1, -0.05) is 26.8 Å². The lowest BCUT2D eigenvalue weighted by Crippen LogP contribution is -2.51. The first kappa shape index (κ1) is 18.0. The monoisotopic (exact) mass is 343 g/mol. The number of nitrogens with zero attached hydrogens (tertiary/aromatic N) is 3. The molecule has 2 heterocycles. The zero-order valence-corrected chi connectivity index (χ0v) is 15.7. The van der Waals surface area contributed by atoms with E-state index < -0.39 is 0 Å². The Morgan fingerprint density at radius 2 is 1.84 bits per heavy atom. The number of β-amino-alcohol motifs (C(OH)–C–C–N with tert-alkyl or cyclic N) is 1. The molecule has 2 aromatic rings. The maximum Gasteiger partial charge on any atom is 0.254 e. The number of hydrogen-bond donors (Lipinski definition) is 1. The lowest BCUT2D eigenvalue weighted by Gasteiger charge is -2.38. The van der Waals surface area contributed by atoms with Gasteiger partial charge in [0.15, 0.2) is 0 Å². The number of amides is 1. The molecule has 1 atom stereocenters. The molecule has 5 heteroatoms. The molecule has 136 valence electrons. The third-order valence-electron chi connectivity index (χ3n) is 5.25. The van der Waals surface area contributed by atoms with Crippen LogP contribution in [0.1, 0.15) is 31.1 Å². The molecule has 0 bridgehead atoms. The number of rotatable bonds is 3. The summed E-state index contributed by atoms with van der Waals surface area (Å²) in [5.41, 5.74) is 1.75. The minimum absolute atomic E-state index is 0.104. The van der Waals surface area contributed by atoms with Crippen molar-refractivity contribution in [2.24, 2.45) is 12.5 Å². The standard InChI is InChI=1S/C20H29N3O2/c1-20(2,3)18(24)14-22-10-12-23(13-11-22)19(25)16-6-5-7-17-15(16)8-9-21(17)4/h5-9,18,24H,10-14H2,1-4H3/t18-/m0/s1. The second-order valence-corrected chi connectivity index (χ2v) is 8.14. The van der Waals surface area contributed by atoms with Crippen LogP contribution in [0.15, 0.2) is 30.5 Å². The van der Waals surface area contributed by atoms with Crippen LogP contribution in [0.4, 0.5) is 0 Å². The van der Waals surface area contributed by atoms with Crippen LogP contribution in [-0.4, -0.2) is 64.2 Å². The first-order valence-corrected chi connectivity index (χ1v) is 9.01. The fraction of sp³-hybridized carbons (Fsp3) is 0.550. The third-order valence-corrected chi connectivity index (χ3v) is 5.25. The van der Waals surface area contributed by atoms with E-state index >= 15 is 0 Å². The number of fused-ring (bicyclic) bond motifs is 1. The van der Waals surface area contributed by atoms with Crippen LogP contribution in [0.2, 0.25) is 0 Å². The Hall–Kier alpha value is -1.85. The number of aliphatic hydroxyl groups excluding tert-OH is 1. The van der Waals surface area contributed by atoms with E-state index in [1.165, 1.54) is 0 Å². The lowest BCUT2D eigenvalue weighted by atomic mass is 9.89. The Balaban J connectivity index is 1.65. The molecule has 5 nitrogen and oxygen atoms in total. The average molecular weight is 343 g/mol. The number of aryl methyl sites for hydroxylation is 1. The summed E-state index contributed by atoms with van der Waals surface area (Å²) in [4.78, 5) is 17.1. The maximum atomic E-state index is 13.0. The number of aliphatic hydroxyl groups is 1. The van der Waals surface area contributed by atoms with Gasteiger partial charge in [0.05, 0.1) is 6.10 Å². The summed E-state index contributed by atoms with van der Waals surface area (Å²) in [6.07, 6.45) is 1.64. The van der Waals surface area contributed by atoms with Crippen LogP contribution in [0, 0.1) is 5.41 Å². The predicted molar refractivity (Wildman–Crippen MR) is 101 cm³/mol. The van der Waals surface area contributed by atoms with Gasteiger partial charge in [0.2, 0.25) is 0 Å². The van der Waals surface area contributed by atoms with Crippen molar-refractivity contribution in [3.63, 3.8) is 0 Å². The van der Waals surface area contributed by atoms with Crippen LogP contribution in [0.5, 0.6) is 0 Å². The highest BCUT2D eigenvalue weighted by Gasteiger charge is 2.28. The molecule has 1 aliphatic heterocycles. The van der Waals surface area contributed by atoms with Crippen molar-refractivity contribution in [2.75, 3.05) is 32.7 Å². The predicted octanol–water partition coefficient (Wildman–Crippen LogP) is 2.34. The second-order valence-electron chi connectivity index (χ2n) is 8.14. The molecular weight excluding hydrogens is 314 g/mol. The molecule has 0 aliphatic carbocycles. The van der Waals surface area contributed by atoms with Crippen LogP contribution in [0.3, 0.4) is 0 Å². The minimum Gasteiger partial charge on any atom is -0.391 e. The smallest absolute Gasteiger partial charge is 0.254 e. The molecule has 25 heavy (non-hydrogen) atoms. The minimum atomic E-state index is -0.354. The quantitative estimate of drug-likeness (QED) is 0.931. The SMILES string of the molecule is Cn1ccc2c(C(=O)N3CCN(C[C@H](O)C(C)(C)C)CC3)cccc21. The number of aromatic nitrogens is 1. The molecular formula is C20H29N3O2. The van der Waals surface area contributed by atoms with Crippen LogP contribution in [-0.2, 0) is 7.05 Å². The summed E-state index contributed by atoms with van der Waals surface area (Å²) in [7, 11) is 2.00. The molecule has 0 radical (unpaired) electrons. The second kappa shape index (κ2) is 6.81. The molecule has 1 aromatic heterocycles. The summed E-state index contributed by atoms with van der Waals surface area (Å²) < 4.78 is 2.04. The number of carbonyl (C=O) groups is 1. The molecule has 1 amide bonds. The van der Waals surface area contributed by atoms with E-state index in [0.29, 0.717) is 19.6 Å². The van der Waals surface area contributed by atoms with Gasteiger partial charge >= 0.3 is 0 Å². The van der Waals surface area contributed by atoms with Crippen molar-refractivity contribution in [2.45, 2.75) is 26.9 Å². The van der Waals surface area contributed by atoms with Gasteiger partial charge in [0.25, 0.3) is 5.91 Å². The molecule has 0 unspecified atom stereocenters. The Morgan fingerprint density at radius 3 is 2.48 bits per heavy atom. The van der Waals surface area contributed by atoms with Crippen molar-refractivity contribution in [3.8, 4) is 0 Å². The molecule has 0 spiro atoms. The van der Waals surface area contributed by atoms with Crippen LogP contribution >= 0.6 is 0 Å². The highest BCUT2D eigenvalue weighted by Crippen LogP contribution is 2.23. The number of benzene rings is 1. The van der Waals surface area contributed by atoms with Crippen molar-refractivity contribution >= 4 is 16.8 Å². The van der Waals surface area contributed by atoms with Gasteiger partial charge in [0, 0.05) is 62.4 Å². The van der Waals surface area contributed by atoms with Crippen molar-refractivity contribution in [3.05, 3.63) is 36.0 Å². The molecule has 1 aromatic carbocycles. The number of hydrogen-bond acceptors (Lipinski definition) is 3. The topological polar surface area (TPSA) is 48.7 Å². The zero-order valence-electron chi connectivity index (χ0n) is 15.7. The molecule has 3 rings (SSSR count).